The molecule has 2 aromatic rings. The molecule has 1 N–H and O–H groups in total. The lowest BCUT2D eigenvalue weighted by Crippen LogP contribution is -2.27. The first kappa shape index (κ1) is 14.0. The Labute approximate surface area is 117 Å². The molecule has 0 aliphatic carbocycles. The minimum atomic E-state index is -0.239. The highest BCUT2D eigenvalue weighted by Gasteiger charge is 2.11. The molecule has 0 aromatic carbocycles. The lowest BCUT2D eigenvalue weighted by molar-refractivity contribution is 0.0943. The number of hydrogen-bond donors (Lipinski definition) is 1. The molecule has 2 aromatic heterocycles. The smallest absolute Gasteiger partial charge is 0.270 e. The molecule has 1 amide bonds. The molecular formula is C14H18N4O2. The number of aromatic nitrogens is 2. The van der Waals surface area contributed by atoms with Crippen molar-refractivity contribution in [3.8, 4) is 0 Å². The molecule has 0 fully saturated rings. The number of anilines is 1. The van der Waals surface area contributed by atoms with Crippen LogP contribution in [-0.2, 0) is 6.54 Å². The molecule has 0 unspecified atom stereocenters. The van der Waals surface area contributed by atoms with Gasteiger partial charge in [-0.05, 0) is 32.0 Å². The van der Waals surface area contributed by atoms with E-state index in [1.54, 1.807) is 24.6 Å². The van der Waals surface area contributed by atoms with E-state index < -0.39 is 0 Å². The van der Waals surface area contributed by atoms with E-state index in [2.05, 4.69) is 15.3 Å². The van der Waals surface area contributed by atoms with Crippen molar-refractivity contribution < 1.29 is 9.21 Å². The molecule has 0 bridgehead atoms. The summed E-state index contributed by atoms with van der Waals surface area (Å²) < 4.78 is 5.16. The Hall–Kier alpha value is -2.37. The molecule has 0 saturated heterocycles. The quantitative estimate of drug-likeness (QED) is 0.870. The van der Waals surface area contributed by atoms with Crippen LogP contribution in [0.5, 0.6) is 0 Å². The monoisotopic (exact) mass is 274 g/mol. The number of nitrogens with zero attached hydrogens (tertiary/aromatic N) is 3. The molecule has 0 saturated carbocycles. The molecule has 2 rings (SSSR count). The van der Waals surface area contributed by atoms with Crippen LogP contribution in [-0.4, -0.2) is 29.0 Å². The van der Waals surface area contributed by atoms with E-state index in [1.807, 2.05) is 24.8 Å². The summed E-state index contributed by atoms with van der Waals surface area (Å²) in [6, 6.07) is 5.19. The molecule has 0 spiro atoms. The number of carbonyl (C=O) groups excluding carboxylic acids is 1. The zero-order valence-electron chi connectivity index (χ0n) is 11.7. The predicted octanol–water partition coefficient (Wildman–Crippen LogP) is 1.85. The van der Waals surface area contributed by atoms with Gasteiger partial charge in [0.25, 0.3) is 5.91 Å². The summed E-state index contributed by atoms with van der Waals surface area (Å²) in [5, 5.41) is 2.76. The highest BCUT2D eigenvalue weighted by Crippen LogP contribution is 2.07. The fourth-order valence-electron chi connectivity index (χ4n) is 1.80. The van der Waals surface area contributed by atoms with E-state index in [1.165, 1.54) is 0 Å². The molecular weight excluding hydrogens is 256 g/mol. The number of rotatable bonds is 6. The normalized spacial score (nSPS) is 10.3. The maximum Gasteiger partial charge on any atom is 0.270 e. The van der Waals surface area contributed by atoms with Gasteiger partial charge < -0.3 is 14.6 Å². The van der Waals surface area contributed by atoms with Crippen LogP contribution in [0.3, 0.4) is 0 Å². The zero-order valence-corrected chi connectivity index (χ0v) is 11.7. The molecule has 6 heteroatoms. The summed E-state index contributed by atoms with van der Waals surface area (Å²) in [5.74, 6) is 1.04. The van der Waals surface area contributed by atoms with Crippen molar-refractivity contribution in [2.75, 3.05) is 18.0 Å². The van der Waals surface area contributed by atoms with Gasteiger partial charge in [0.15, 0.2) is 0 Å². The van der Waals surface area contributed by atoms with Crippen LogP contribution < -0.4 is 10.2 Å². The summed E-state index contributed by atoms with van der Waals surface area (Å²) >= 11 is 0. The number of hydrogen-bond acceptors (Lipinski definition) is 5. The molecule has 0 atom stereocenters. The third-order valence-electron chi connectivity index (χ3n) is 2.93. The Morgan fingerprint density at radius 3 is 2.80 bits per heavy atom. The summed E-state index contributed by atoms with van der Waals surface area (Å²) in [6.07, 6.45) is 3.17. The van der Waals surface area contributed by atoms with Crippen LogP contribution in [0.2, 0.25) is 0 Å². The maximum absolute atomic E-state index is 12.0. The van der Waals surface area contributed by atoms with Gasteiger partial charge >= 0.3 is 0 Å². The highest BCUT2D eigenvalue weighted by molar-refractivity contribution is 5.92. The fourth-order valence-corrected chi connectivity index (χ4v) is 1.80. The largest absolute Gasteiger partial charge is 0.467 e. The second-order valence-corrected chi connectivity index (χ2v) is 4.18. The van der Waals surface area contributed by atoms with Crippen molar-refractivity contribution in [3.05, 3.63) is 42.1 Å². The molecule has 0 aliphatic rings. The van der Waals surface area contributed by atoms with Crippen LogP contribution in [0.25, 0.3) is 0 Å². The second kappa shape index (κ2) is 6.70. The minimum absolute atomic E-state index is 0.239. The van der Waals surface area contributed by atoms with Crippen molar-refractivity contribution in [2.24, 2.45) is 0 Å². The summed E-state index contributed by atoms with van der Waals surface area (Å²) in [6.45, 7) is 5.99. The van der Waals surface area contributed by atoms with Crippen molar-refractivity contribution in [3.63, 3.8) is 0 Å². The number of furan rings is 1. The van der Waals surface area contributed by atoms with Crippen LogP contribution in [0, 0.1) is 0 Å². The van der Waals surface area contributed by atoms with Gasteiger partial charge in [-0.3, -0.25) is 4.79 Å². The van der Waals surface area contributed by atoms with Gasteiger partial charge in [0.05, 0.1) is 12.8 Å². The maximum atomic E-state index is 12.0. The van der Waals surface area contributed by atoms with E-state index >= 15 is 0 Å². The lowest BCUT2D eigenvalue weighted by atomic mass is 10.3. The number of nitrogens with one attached hydrogen (secondary N) is 1. The van der Waals surface area contributed by atoms with Gasteiger partial charge in [-0.2, -0.15) is 0 Å². The van der Waals surface area contributed by atoms with Crippen molar-refractivity contribution in [1.29, 1.82) is 0 Å². The fraction of sp³-hybridized carbons (Fsp3) is 0.357. The van der Waals surface area contributed by atoms with Gasteiger partial charge in [-0.25, -0.2) is 9.97 Å². The average molecular weight is 274 g/mol. The zero-order chi connectivity index (χ0) is 14.4. The highest BCUT2D eigenvalue weighted by atomic mass is 16.3. The molecule has 20 heavy (non-hydrogen) atoms. The average Bonchev–Trinajstić information content (AvgIpc) is 3.00. The van der Waals surface area contributed by atoms with E-state index in [9.17, 15) is 4.79 Å². The van der Waals surface area contributed by atoms with Crippen LogP contribution in [0.1, 0.15) is 30.1 Å². The van der Waals surface area contributed by atoms with E-state index in [-0.39, 0.29) is 5.91 Å². The Kier molecular flexibility index (Phi) is 4.70. The minimum Gasteiger partial charge on any atom is -0.467 e. The topological polar surface area (TPSA) is 71.3 Å². The van der Waals surface area contributed by atoms with Gasteiger partial charge in [0.1, 0.15) is 11.5 Å². The molecule has 106 valence electrons. The van der Waals surface area contributed by atoms with E-state index in [4.69, 9.17) is 4.42 Å². The van der Waals surface area contributed by atoms with Gasteiger partial charge in [-0.15, -0.1) is 0 Å². The first-order valence-corrected chi connectivity index (χ1v) is 6.63. The second-order valence-electron chi connectivity index (χ2n) is 4.18. The third kappa shape index (κ3) is 3.34. The molecule has 0 aliphatic heterocycles. The Morgan fingerprint density at radius 1 is 1.35 bits per heavy atom. The third-order valence-corrected chi connectivity index (χ3v) is 2.93. The SMILES string of the molecule is CCN(CC)c1nccc(C(=O)NCc2ccco2)n1. The number of carbonyl (C=O) groups is 1. The predicted molar refractivity (Wildman–Crippen MR) is 75.5 cm³/mol. The van der Waals surface area contributed by atoms with Crippen LogP contribution in [0.15, 0.2) is 35.1 Å². The van der Waals surface area contributed by atoms with Crippen LogP contribution >= 0.6 is 0 Å². The van der Waals surface area contributed by atoms with Crippen molar-refractivity contribution in [2.45, 2.75) is 20.4 Å². The van der Waals surface area contributed by atoms with Crippen LogP contribution in [0.4, 0.5) is 5.95 Å². The van der Waals surface area contributed by atoms with E-state index in [0.717, 1.165) is 13.1 Å². The molecule has 0 radical (unpaired) electrons. The Morgan fingerprint density at radius 2 is 2.15 bits per heavy atom. The lowest BCUT2D eigenvalue weighted by Gasteiger charge is -2.18. The first-order valence-electron chi connectivity index (χ1n) is 6.63. The summed E-state index contributed by atoms with van der Waals surface area (Å²) in [5.41, 5.74) is 0.355. The summed E-state index contributed by atoms with van der Waals surface area (Å²) in [7, 11) is 0. The number of amides is 1. The Balaban J connectivity index is 2.04. The van der Waals surface area contributed by atoms with Gasteiger partial charge in [0.2, 0.25) is 5.95 Å². The van der Waals surface area contributed by atoms with Gasteiger partial charge in [-0.1, -0.05) is 0 Å². The van der Waals surface area contributed by atoms with Crippen molar-refractivity contribution in [1.82, 2.24) is 15.3 Å². The summed E-state index contributed by atoms with van der Waals surface area (Å²) in [4.78, 5) is 22.5. The molecule has 2 heterocycles. The van der Waals surface area contributed by atoms with Crippen molar-refractivity contribution >= 4 is 11.9 Å². The van der Waals surface area contributed by atoms with E-state index in [0.29, 0.717) is 23.9 Å². The molecule has 6 nitrogen and oxygen atoms in total. The first-order chi connectivity index (χ1) is 9.74. The Bertz CT molecular complexity index is 550. The standard InChI is InChI=1S/C14H18N4O2/c1-3-18(4-2)14-15-8-7-12(17-14)13(19)16-10-11-6-5-9-20-11/h5-9H,3-4,10H2,1-2H3,(H,16,19). The van der Waals surface area contributed by atoms with Gasteiger partial charge in [0, 0.05) is 19.3 Å².